The lowest BCUT2D eigenvalue weighted by Crippen LogP contribution is -2.22. The van der Waals surface area contributed by atoms with E-state index in [1.165, 1.54) is 11.3 Å². The van der Waals surface area contributed by atoms with Crippen LogP contribution in [0.25, 0.3) is 0 Å². The average molecular weight is 432 g/mol. The smallest absolute Gasteiger partial charge is 0.324 e. The molecule has 0 spiro atoms. The van der Waals surface area contributed by atoms with Crippen LogP contribution < -0.4 is 16.0 Å². The number of amides is 3. The summed E-state index contributed by atoms with van der Waals surface area (Å²) in [5, 5.41) is 13.3. The predicted octanol–water partition coefficient (Wildman–Crippen LogP) is 4.57. The maximum absolute atomic E-state index is 12.6. The van der Waals surface area contributed by atoms with E-state index < -0.39 is 0 Å². The molecule has 0 saturated carbocycles. The quantitative estimate of drug-likeness (QED) is 0.401. The zero-order chi connectivity index (χ0) is 21.5. The van der Waals surface area contributed by atoms with Gasteiger partial charge in [0.15, 0.2) is 0 Å². The van der Waals surface area contributed by atoms with Gasteiger partial charge in [-0.3, -0.25) is 14.8 Å². The minimum absolute atomic E-state index is 0.185. The maximum atomic E-state index is 12.6. The molecule has 0 bridgehead atoms. The second-order valence-electron chi connectivity index (χ2n) is 6.76. The molecule has 2 heterocycles. The monoisotopic (exact) mass is 431 g/mol. The van der Waals surface area contributed by atoms with Gasteiger partial charge < -0.3 is 10.6 Å². The molecule has 3 amide bonds. The second kappa shape index (κ2) is 9.73. The van der Waals surface area contributed by atoms with E-state index in [-0.39, 0.29) is 11.9 Å². The molecular formula is C23H21N5O2S. The number of para-hydroxylation sites is 1. The van der Waals surface area contributed by atoms with Crippen LogP contribution in [0.5, 0.6) is 0 Å². The highest BCUT2D eigenvalue weighted by Gasteiger charge is 2.12. The number of nitrogens with zero attached hydrogens (tertiary/aromatic N) is 2. The largest absolute Gasteiger partial charge is 0.347 e. The van der Waals surface area contributed by atoms with E-state index in [1.807, 2.05) is 59.4 Å². The highest BCUT2D eigenvalue weighted by molar-refractivity contribution is 7.18. The van der Waals surface area contributed by atoms with Crippen LogP contribution in [0.3, 0.4) is 0 Å². The number of benzene rings is 2. The normalized spacial score (nSPS) is 10.5. The molecule has 0 atom stereocenters. The molecule has 0 aliphatic rings. The summed E-state index contributed by atoms with van der Waals surface area (Å²) in [6.07, 6.45) is 3.65. The van der Waals surface area contributed by atoms with Crippen molar-refractivity contribution in [2.24, 2.45) is 0 Å². The Bertz CT molecular complexity index is 1160. The number of urea groups is 1. The number of hydrogen-bond acceptors (Lipinski definition) is 4. The minimum Gasteiger partial charge on any atom is -0.347 e. The lowest BCUT2D eigenvalue weighted by atomic mass is 10.1. The van der Waals surface area contributed by atoms with Gasteiger partial charge in [-0.25, -0.2) is 4.79 Å². The molecule has 8 heteroatoms. The van der Waals surface area contributed by atoms with E-state index in [1.54, 1.807) is 30.5 Å². The molecule has 0 radical (unpaired) electrons. The number of carbonyl (C=O) groups excluding carboxylic acids is 2. The minimum atomic E-state index is -0.354. The second-order valence-corrected chi connectivity index (χ2v) is 7.85. The summed E-state index contributed by atoms with van der Waals surface area (Å²) < 4.78 is 1.85. The molecule has 0 unspecified atom stereocenters. The number of aromatic nitrogens is 2. The van der Waals surface area contributed by atoms with Crippen molar-refractivity contribution in [1.29, 1.82) is 0 Å². The van der Waals surface area contributed by atoms with Gasteiger partial charge in [0, 0.05) is 24.6 Å². The van der Waals surface area contributed by atoms with Gasteiger partial charge in [-0.15, -0.1) is 11.3 Å². The Morgan fingerprint density at radius 2 is 1.65 bits per heavy atom. The van der Waals surface area contributed by atoms with Crippen LogP contribution in [0.2, 0.25) is 0 Å². The number of thiophene rings is 1. The fraction of sp³-hybridized carbons (Fsp3) is 0.0870. The van der Waals surface area contributed by atoms with Crippen LogP contribution in [-0.2, 0) is 13.1 Å². The summed E-state index contributed by atoms with van der Waals surface area (Å²) in [6.45, 7) is 1.05. The summed E-state index contributed by atoms with van der Waals surface area (Å²) in [5.74, 6) is -0.185. The topological polar surface area (TPSA) is 88.0 Å². The first-order valence-corrected chi connectivity index (χ1v) is 10.5. The third kappa shape index (κ3) is 5.58. The van der Waals surface area contributed by atoms with Gasteiger partial charge in [0.25, 0.3) is 5.91 Å². The Morgan fingerprint density at radius 1 is 0.871 bits per heavy atom. The molecule has 2 aromatic carbocycles. The van der Waals surface area contributed by atoms with Gasteiger partial charge in [0.1, 0.15) is 0 Å². The number of rotatable bonds is 7. The van der Waals surface area contributed by atoms with Gasteiger partial charge in [-0.05, 0) is 41.5 Å². The molecule has 4 rings (SSSR count). The summed E-state index contributed by atoms with van der Waals surface area (Å²) >= 11 is 1.22. The molecule has 3 N–H and O–H groups in total. The molecule has 0 aliphatic heterocycles. The molecule has 2 aromatic heterocycles. The SMILES string of the molecule is O=C(Nc1ccccc1)Nc1ccc(C(=O)NCc2ccccc2Cn2cccn2)s1. The fourth-order valence-electron chi connectivity index (χ4n) is 3.04. The van der Waals surface area contributed by atoms with E-state index in [4.69, 9.17) is 0 Å². The lowest BCUT2D eigenvalue weighted by molar-refractivity contribution is 0.0955. The molecular weight excluding hydrogens is 410 g/mol. The number of nitrogens with one attached hydrogen (secondary N) is 3. The standard InChI is InChI=1S/C23H21N5O2S/c29-22(24-15-17-7-4-5-8-18(17)16-28-14-6-13-25-28)20-11-12-21(31-20)27-23(30)26-19-9-2-1-3-10-19/h1-14H,15-16H2,(H,24,29)(H2,26,27,30). The first-order valence-electron chi connectivity index (χ1n) is 9.73. The molecule has 0 aliphatic carbocycles. The predicted molar refractivity (Wildman–Crippen MR) is 122 cm³/mol. The van der Waals surface area contributed by atoms with Gasteiger partial charge >= 0.3 is 6.03 Å². The molecule has 31 heavy (non-hydrogen) atoms. The summed E-state index contributed by atoms with van der Waals surface area (Å²) in [5.41, 5.74) is 2.82. The summed E-state index contributed by atoms with van der Waals surface area (Å²) in [4.78, 5) is 25.2. The van der Waals surface area contributed by atoms with Crippen molar-refractivity contribution in [3.8, 4) is 0 Å². The zero-order valence-electron chi connectivity index (χ0n) is 16.6. The number of hydrogen-bond donors (Lipinski definition) is 3. The highest BCUT2D eigenvalue weighted by Crippen LogP contribution is 2.22. The highest BCUT2D eigenvalue weighted by atomic mass is 32.1. The summed E-state index contributed by atoms with van der Waals surface area (Å²) in [6, 6.07) is 22.1. The average Bonchev–Trinajstić information content (AvgIpc) is 3.46. The Labute approximate surface area is 183 Å². The Kier molecular flexibility index (Phi) is 6.39. The van der Waals surface area contributed by atoms with Crippen LogP contribution in [0.4, 0.5) is 15.5 Å². The van der Waals surface area contributed by atoms with Gasteiger partial charge in [-0.1, -0.05) is 42.5 Å². The molecule has 7 nitrogen and oxygen atoms in total. The van der Waals surface area contributed by atoms with Crippen LogP contribution >= 0.6 is 11.3 Å². The Morgan fingerprint density at radius 3 is 2.42 bits per heavy atom. The van der Waals surface area contributed by atoms with Crippen molar-refractivity contribution in [2.75, 3.05) is 10.6 Å². The summed E-state index contributed by atoms with van der Waals surface area (Å²) in [7, 11) is 0. The third-order valence-corrected chi connectivity index (χ3v) is 5.55. The van der Waals surface area contributed by atoms with E-state index in [9.17, 15) is 9.59 Å². The third-order valence-electron chi connectivity index (χ3n) is 4.55. The van der Waals surface area contributed by atoms with Gasteiger partial charge in [0.2, 0.25) is 0 Å². The molecule has 0 fully saturated rings. The van der Waals surface area contributed by atoms with Crippen molar-refractivity contribution < 1.29 is 9.59 Å². The van der Waals surface area contributed by atoms with Crippen molar-refractivity contribution in [1.82, 2.24) is 15.1 Å². The van der Waals surface area contributed by atoms with Gasteiger partial charge in [-0.2, -0.15) is 5.10 Å². The van der Waals surface area contributed by atoms with Crippen LogP contribution in [-0.4, -0.2) is 21.7 Å². The molecule has 156 valence electrons. The first kappa shape index (κ1) is 20.4. The Hall–Kier alpha value is -3.91. The first-order chi connectivity index (χ1) is 15.2. The van der Waals surface area contributed by atoms with Crippen molar-refractivity contribution in [3.05, 3.63) is 101 Å². The number of carbonyl (C=O) groups is 2. The number of anilines is 2. The maximum Gasteiger partial charge on any atom is 0.324 e. The Balaban J connectivity index is 1.33. The van der Waals surface area contributed by atoms with E-state index in [2.05, 4.69) is 21.0 Å². The van der Waals surface area contributed by atoms with Crippen LogP contribution in [0.15, 0.2) is 85.2 Å². The van der Waals surface area contributed by atoms with E-state index in [0.717, 1.165) is 11.1 Å². The van der Waals surface area contributed by atoms with Crippen molar-refractivity contribution in [3.63, 3.8) is 0 Å². The van der Waals surface area contributed by atoms with E-state index >= 15 is 0 Å². The van der Waals surface area contributed by atoms with Crippen molar-refractivity contribution >= 4 is 34.0 Å². The fourth-order valence-corrected chi connectivity index (χ4v) is 3.86. The van der Waals surface area contributed by atoms with Crippen LogP contribution in [0, 0.1) is 0 Å². The van der Waals surface area contributed by atoms with E-state index in [0.29, 0.717) is 28.7 Å². The van der Waals surface area contributed by atoms with Crippen LogP contribution in [0.1, 0.15) is 20.8 Å². The molecule has 4 aromatic rings. The lowest BCUT2D eigenvalue weighted by Gasteiger charge is -2.10. The zero-order valence-corrected chi connectivity index (χ0v) is 17.4. The van der Waals surface area contributed by atoms with Crippen molar-refractivity contribution in [2.45, 2.75) is 13.1 Å². The van der Waals surface area contributed by atoms with Gasteiger partial charge in [0.05, 0.1) is 16.4 Å². The molecule has 0 saturated heterocycles.